The Morgan fingerprint density at radius 1 is 0.811 bits per heavy atom. The molecule has 0 aliphatic carbocycles. The molecule has 0 aromatic rings. The van der Waals surface area contributed by atoms with Crippen LogP contribution in [0.1, 0.15) is 148 Å². The van der Waals surface area contributed by atoms with E-state index in [4.69, 9.17) is 0 Å². The van der Waals surface area contributed by atoms with E-state index in [9.17, 15) is 0 Å². The molecular weight excluding hydrogens is 446 g/mol. The third-order valence-corrected chi connectivity index (χ3v) is 5.86. The molecule has 1 heteroatoms. The van der Waals surface area contributed by atoms with Crippen molar-refractivity contribution in [1.82, 2.24) is 0 Å². The van der Waals surface area contributed by atoms with Crippen LogP contribution in [0.3, 0.4) is 0 Å². The normalized spacial score (nSPS) is 13.1. The van der Waals surface area contributed by atoms with E-state index >= 15 is 0 Å². The fourth-order valence-electron chi connectivity index (χ4n) is 4.08. The van der Waals surface area contributed by atoms with Crippen LogP contribution in [0.15, 0.2) is 60.3 Å². The minimum absolute atomic E-state index is 0.932. The summed E-state index contributed by atoms with van der Waals surface area (Å²) in [6.07, 6.45) is 25.0. The largest absolute Gasteiger partial charge is 0.333 e. The zero-order valence-corrected chi connectivity index (χ0v) is 28.7. The molecule has 0 spiro atoms. The zero-order chi connectivity index (χ0) is 30.5. The lowest BCUT2D eigenvalue weighted by atomic mass is 9.75. The maximum absolute atomic E-state index is 4.50. The molecule has 224 valence electrons. The molecule has 1 nitrogen and oxygen atoms in total. The smallest absolute Gasteiger partial charge is 0.0195 e. The maximum atomic E-state index is 4.50. The second-order valence-corrected chi connectivity index (χ2v) is 8.48. The zero-order valence-electron chi connectivity index (χ0n) is 28.7. The van der Waals surface area contributed by atoms with Gasteiger partial charge >= 0.3 is 0 Å². The highest BCUT2D eigenvalue weighted by Crippen LogP contribution is 2.32. The van der Waals surface area contributed by atoms with Crippen molar-refractivity contribution < 1.29 is 0 Å². The van der Waals surface area contributed by atoms with Crippen molar-refractivity contribution in [2.75, 3.05) is 7.05 Å². The van der Waals surface area contributed by atoms with Gasteiger partial charge in [-0.25, -0.2) is 0 Å². The fourth-order valence-corrected chi connectivity index (χ4v) is 4.08. The summed E-state index contributed by atoms with van der Waals surface area (Å²) in [5.41, 5.74) is 7.14. The van der Waals surface area contributed by atoms with Crippen molar-refractivity contribution in [3.63, 3.8) is 0 Å². The van der Waals surface area contributed by atoms with Gasteiger partial charge in [-0.05, 0) is 58.4 Å². The molecule has 0 fully saturated rings. The maximum Gasteiger partial charge on any atom is -0.0195 e. The first-order valence-electron chi connectivity index (χ1n) is 15.7. The first kappa shape index (κ1) is 48.7. The van der Waals surface area contributed by atoms with Gasteiger partial charge in [-0.1, -0.05) is 175 Å². The summed E-state index contributed by atoms with van der Waals surface area (Å²) in [6, 6.07) is 0. The number of nitrogens with two attached hydrogens (primary N) is 1. The van der Waals surface area contributed by atoms with E-state index in [1.807, 2.05) is 65.8 Å². The summed E-state index contributed by atoms with van der Waals surface area (Å²) in [5, 5.41) is 0. The Morgan fingerprint density at radius 2 is 1.32 bits per heavy atom. The van der Waals surface area contributed by atoms with Crippen LogP contribution in [0.5, 0.6) is 0 Å². The number of allylic oxidation sites excluding steroid dienone is 9. The molecule has 0 aliphatic heterocycles. The van der Waals surface area contributed by atoms with E-state index in [2.05, 4.69) is 85.9 Å². The molecule has 0 aromatic carbocycles. The van der Waals surface area contributed by atoms with Gasteiger partial charge in [0, 0.05) is 0 Å². The van der Waals surface area contributed by atoms with E-state index in [0.717, 1.165) is 30.6 Å². The number of hydrogen-bond acceptors (Lipinski definition) is 1. The van der Waals surface area contributed by atoms with Gasteiger partial charge in [0.05, 0.1) is 0 Å². The highest BCUT2D eigenvalue weighted by atomic mass is 14.4. The molecule has 0 unspecified atom stereocenters. The van der Waals surface area contributed by atoms with E-state index in [1.165, 1.54) is 56.7 Å². The number of rotatable bonds is 13. The van der Waals surface area contributed by atoms with Crippen molar-refractivity contribution in [1.29, 1.82) is 0 Å². The summed E-state index contributed by atoms with van der Waals surface area (Å²) in [7, 11) is 1.50. The van der Waals surface area contributed by atoms with Crippen LogP contribution in [0.25, 0.3) is 0 Å². The van der Waals surface area contributed by atoms with E-state index in [0.29, 0.717) is 0 Å². The molecule has 0 amide bonds. The van der Waals surface area contributed by atoms with E-state index in [1.54, 1.807) is 0 Å². The Kier molecular flexibility index (Phi) is 62.9. The van der Waals surface area contributed by atoms with Crippen LogP contribution >= 0.6 is 0 Å². The monoisotopic (exact) mass is 522 g/mol. The van der Waals surface area contributed by atoms with Crippen molar-refractivity contribution in [2.24, 2.45) is 23.5 Å². The molecule has 3 atom stereocenters. The summed E-state index contributed by atoms with van der Waals surface area (Å²) in [4.78, 5) is 0. The molecule has 2 N–H and O–H groups in total. The van der Waals surface area contributed by atoms with Gasteiger partial charge in [0.15, 0.2) is 0 Å². The summed E-state index contributed by atoms with van der Waals surface area (Å²) in [6.45, 7) is 33.8. The highest BCUT2D eigenvalue weighted by molar-refractivity contribution is 5.19. The predicted molar refractivity (Wildman–Crippen MR) is 182 cm³/mol. The quantitative estimate of drug-likeness (QED) is 0.239. The van der Waals surface area contributed by atoms with Gasteiger partial charge < -0.3 is 5.73 Å². The van der Waals surface area contributed by atoms with Crippen molar-refractivity contribution in [2.45, 2.75) is 148 Å². The van der Waals surface area contributed by atoms with Gasteiger partial charge in [-0.2, -0.15) is 0 Å². The lowest BCUT2D eigenvalue weighted by Gasteiger charge is -2.30. The molecule has 0 heterocycles. The summed E-state index contributed by atoms with van der Waals surface area (Å²) >= 11 is 0. The fraction of sp³-hybridized carbons (Fsp3) is 0.722. The van der Waals surface area contributed by atoms with Gasteiger partial charge in [0.2, 0.25) is 0 Å². The first-order chi connectivity index (χ1) is 17.9. The van der Waals surface area contributed by atoms with Crippen molar-refractivity contribution in [3.8, 4) is 0 Å². The Labute approximate surface area is 238 Å². The molecule has 0 aromatic heterocycles. The Balaban J connectivity index is -0.0000000913. The average Bonchev–Trinajstić information content (AvgIpc) is 2.95. The summed E-state index contributed by atoms with van der Waals surface area (Å²) in [5.74, 6) is 2.88. The molecule has 0 aliphatic rings. The average molecular weight is 522 g/mol. The third-order valence-electron chi connectivity index (χ3n) is 5.86. The molecule has 0 radical (unpaired) electrons. The van der Waals surface area contributed by atoms with Gasteiger partial charge in [-0.15, -0.1) is 0 Å². The van der Waals surface area contributed by atoms with Crippen LogP contribution in [0.2, 0.25) is 0 Å². The first-order valence-corrected chi connectivity index (χ1v) is 15.7. The molecular formula is C36H75N. The molecule has 0 saturated heterocycles. The molecule has 0 saturated carbocycles. The lowest BCUT2D eigenvalue weighted by Crippen LogP contribution is -2.20. The van der Waals surface area contributed by atoms with Crippen LogP contribution in [-0.4, -0.2) is 7.05 Å². The van der Waals surface area contributed by atoms with Gasteiger partial charge in [-0.3, -0.25) is 0 Å². The predicted octanol–water partition coefficient (Wildman–Crippen LogP) is 12.9. The second kappa shape index (κ2) is 47.8. The second-order valence-electron chi connectivity index (χ2n) is 8.48. The molecule has 0 bridgehead atoms. The molecule has 37 heavy (non-hydrogen) atoms. The summed E-state index contributed by atoms with van der Waals surface area (Å²) < 4.78 is 0. The van der Waals surface area contributed by atoms with Crippen LogP contribution in [0.4, 0.5) is 0 Å². The number of hydrogen-bond donors (Lipinski definition) is 1. The topological polar surface area (TPSA) is 26.0 Å². The Bertz CT molecular complexity index is 493. The highest BCUT2D eigenvalue weighted by Gasteiger charge is 2.22. The van der Waals surface area contributed by atoms with Crippen molar-refractivity contribution >= 4 is 0 Å². The van der Waals surface area contributed by atoms with E-state index < -0.39 is 0 Å². The van der Waals surface area contributed by atoms with E-state index in [-0.39, 0.29) is 0 Å². The minimum Gasteiger partial charge on any atom is -0.333 e. The van der Waals surface area contributed by atoms with Crippen LogP contribution in [-0.2, 0) is 0 Å². The lowest BCUT2D eigenvalue weighted by molar-refractivity contribution is 0.202. The van der Waals surface area contributed by atoms with Crippen LogP contribution in [0, 0.1) is 17.8 Å². The third kappa shape index (κ3) is 39.3. The Hall–Kier alpha value is -1.34. The minimum atomic E-state index is 0.932. The van der Waals surface area contributed by atoms with Crippen LogP contribution < -0.4 is 5.73 Å². The van der Waals surface area contributed by atoms with Crippen molar-refractivity contribution in [3.05, 3.63) is 60.3 Å². The Morgan fingerprint density at radius 3 is 1.62 bits per heavy atom. The SMILES string of the molecule is C/C=C\C(=C/CC)CC.C=C/C(C)=C\C=C/C.CC.CC.CCC[C@H](CC)[C@@H](CC)[C@@H](C)CCC.CN. The standard InChI is InChI=1S/C14H30.C9H16.C8H12.2C2H6.CH5N/c1-6-10-12(5)14(9-4)13(8-3)11-7-2;1-4-7-9(6-3)8-5-2;1-4-6-7-8(3)5-2;3*1-2/h12-14H,6-11H2,1-5H3;4,7-8H,5-6H2,1-3H3;4-7H,2H2,1,3H3;2*1-2H3;2H2,1H3/b;7-4-,9-8-;6-4-,8-7-;;;/t12-,13-,14-;;;;;/m0...../s1. The van der Waals surface area contributed by atoms with Gasteiger partial charge in [0.1, 0.15) is 0 Å². The van der Waals surface area contributed by atoms with Gasteiger partial charge in [0.25, 0.3) is 0 Å². The molecule has 0 rings (SSSR count).